The first kappa shape index (κ1) is 12.7. The molecule has 0 amide bonds. The zero-order valence-corrected chi connectivity index (χ0v) is 11.0. The number of nitrogens with two attached hydrogens (primary N) is 1. The minimum atomic E-state index is 0.0450. The Morgan fingerprint density at radius 2 is 2.28 bits per heavy atom. The van der Waals surface area contributed by atoms with Gasteiger partial charge < -0.3 is 15.8 Å². The fraction of sp³-hybridized carbons (Fsp3) is 0.500. The van der Waals surface area contributed by atoms with E-state index in [2.05, 4.69) is 41.2 Å². The van der Waals surface area contributed by atoms with Crippen LogP contribution >= 0.6 is 0 Å². The van der Waals surface area contributed by atoms with Crippen LogP contribution in [0.1, 0.15) is 25.8 Å². The lowest BCUT2D eigenvalue weighted by Gasteiger charge is -2.38. The van der Waals surface area contributed by atoms with Gasteiger partial charge in [0.2, 0.25) is 0 Å². The number of aryl methyl sites for hydroxylation is 1. The number of oxime groups is 1. The van der Waals surface area contributed by atoms with Crippen molar-refractivity contribution in [1.82, 2.24) is 0 Å². The largest absolute Gasteiger partial charge is 0.409 e. The third kappa shape index (κ3) is 2.42. The maximum Gasteiger partial charge on any atom is 0.143 e. The normalized spacial score (nSPS) is 21.6. The molecule has 2 unspecified atom stereocenters. The molecule has 1 aromatic rings. The molecule has 0 radical (unpaired) electrons. The van der Waals surface area contributed by atoms with E-state index in [1.165, 1.54) is 11.3 Å². The third-order valence-corrected chi connectivity index (χ3v) is 3.76. The molecule has 2 atom stereocenters. The number of hydrogen-bond acceptors (Lipinski definition) is 3. The van der Waals surface area contributed by atoms with Crippen LogP contribution in [0.15, 0.2) is 29.4 Å². The Bertz CT molecular complexity index is 444. The summed E-state index contributed by atoms with van der Waals surface area (Å²) in [6.07, 6.45) is 2.28. The summed E-state index contributed by atoms with van der Waals surface area (Å²) in [5.41, 5.74) is 8.35. The number of amidine groups is 1. The van der Waals surface area contributed by atoms with E-state index in [0.717, 1.165) is 19.4 Å². The van der Waals surface area contributed by atoms with Gasteiger partial charge in [-0.2, -0.15) is 0 Å². The van der Waals surface area contributed by atoms with Crippen molar-refractivity contribution in [3.63, 3.8) is 0 Å². The van der Waals surface area contributed by atoms with Gasteiger partial charge in [0.05, 0.1) is 0 Å². The highest BCUT2D eigenvalue weighted by Gasteiger charge is 2.24. The zero-order valence-electron chi connectivity index (χ0n) is 11.0. The quantitative estimate of drug-likeness (QED) is 0.372. The molecule has 3 N–H and O–H groups in total. The standard InChI is InChI=1S/C14H21N3O/c1-10(14(15)16-18)9-17-11(2)7-8-12-5-3-4-6-13(12)17/h3-6,10-11,18H,7-9H2,1-2H3,(H2,15,16). The second-order valence-corrected chi connectivity index (χ2v) is 5.09. The molecule has 1 heterocycles. The van der Waals surface area contributed by atoms with Gasteiger partial charge in [0.1, 0.15) is 5.84 Å². The van der Waals surface area contributed by atoms with Crippen LogP contribution in [-0.4, -0.2) is 23.6 Å². The molecule has 0 fully saturated rings. The Hall–Kier alpha value is -1.71. The van der Waals surface area contributed by atoms with Crippen LogP contribution in [0, 0.1) is 5.92 Å². The van der Waals surface area contributed by atoms with Crippen molar-refractivity contribution in [3.05, 3.63) is 29.8 Å². The minimum Gasteiger partial charge on any atom is -0.409 e. The summed E-state index contributed by atoms with van der Waals surface area (Å²) in [7, 11) is 0. The van der Waals surface area contributed by atoms with Crippen LogP contribution in [0.3, 0.4) is 0 Å². The number of benzene rings is 1. The third-order valence-electron chi connectivity index (χ3n) is 3.76. The van der Waals surface area contributed by atoms with Gasteiger partial charge in [-0.15, -0.1) is 0 Å². The van der Waals surface area contributed by atoms with Crippen LogP contribution in [-0.2, 0) is 6.42 Å². The Labute approximate surface area is 108 Å². The summed E-state index contributed by atoms with van der Waals surface area (Å²) in [5.74, 6) is 0.342. The second-order valence-electron chi connectivity index (χ2n) is 5.09. The lowest BCUT2D eigenvalue weighted by Crippen LogP contribution is -2.42. The number of rotatable bonds is 3. The first-order valence-corrected chi connectivity index (χ1v) is 6.45. The van der Waals surface area contributed by atoms with Gasteiger partial charge in [-0.05, 0) is 31.4 Å². The van der Waals surface area contributed by atoms with Crippen molar-refractivity contribution >= 4 is 11.5 Å². The summed E-state index contributed by atoms with van der Waals surface area (Å²) >= 11 is 0. The highest BCUT2D eigenvalue weighted by Crippen LogP contribution is 2.30. The molecule has 1 aliphatic heterocycles. The number of anilines is 1. The van der Waals surface area contributed by atoms with Crippen LogP contribution in [0.2, 0.25) is 0 Å². The van der Waals surface area contributed by atoms with Crippen molar-refractivity contribution in [2.24, 2.45) is 16.8 Å². The highest BCUT2D eigenvalue weighted by atomic mass is 16.4. The smallest absolute Gasteiger partial charge is 0.143 e. The van der Waals surface area contributed by atoms with Gasteiger partial charge in [0, 0.05) is 24.2 Å². The Morgan fingerprint density at radius 1 is 1.56 bits per heavy atom. The van der Waals surface area contributed by atoms with Crippen LogP contribution in [0.4, 0.5) is 5.69 Å². The fourth-order valence-corrected chi connectivity index (χ4v) is 2.53. The Morgan fingerprint density at radius 3 is 3.00 bits per heavy atom. The van der Waals surface area contributed by atoms with Crippen molar-refractivity contribution in [3.8, 4) is 0 Å². The molecule has 1 aliphatic rings. The fourth-order valence-electron chi connectivity index (χ4n) is 2.53. The van der Waals surface area contributed by atoms with E-state index in [0.29, 0.717) is 11.9 Å². The predicted octanol–water partition coefficient (Wildman–Crippen LogP) is 2.21. The first-order valence-electron chi connectivity index (χ1n) is 6.45. The topological polar surface area (TPSA) is 61.8 Å². The molecule has 18 heavy (non-hydrogen) atoms. The minimum absolute atomic E-state index is 0.0450. The maximum atomic E-state index is 8.74. The molecule has 0 spiro atoms. The Balaban J connectivity index is 2.22. The van der Waals surface area contributed by atoms with E-state index in [-0.39, 0.29) is 5.92 Å². The second kappa shape index (κ2) is 5.29. The summed E-state index contributed by atoms with van der Waals surface area (Å²) in [4.78, 5) is 2.36. The van der Waals surface area contributed by atoms with Gasteiger partial charge >= 0.3 is 0 Å². The van der Waals surface area contributed by atoms with E-state index >= 15 is 0 Å². The molecule has 98 valence electrons. The van der Waals surface area contributed by atoms with Crippen LogP contribution < -0.4 is 10.6 Å². The van der Waals surface area contributed by atoms with Crippen molar-refractivity contribution in [1.29, 1.82) is 0 Å². The first-order chi connectivity index (χ1) is 8.63. The molecule has 0 saturated carbocycles. The SMILES string of the molecule is CC(CN1c2ccccc2CCC1C)/C(N)=N/O. The molecule has 0 bridgehead atoms. The molecule has 4 nitrogen and oxygen atoms in total. The molecule has 0 aliphatic carbocycles. The van der Waals surface area contributed by atoms with Crippen LogP contribution in [0.25, 0.3) is 0 Å². The predicted molar refractivity (Wildman–Crippen MR) is 74.1 cm³/mol. The number of hydrogen-bond donors (Lipinski definition) is 2. The summed E-state index contributed by atoms with van der Waals surface area (Å²) < 4.78 is 0. The lowest BCUT2D eigenvalue weighted by atomic mass is 9.95. The molecular formula is C14H21N3O. The highest BCUT2D eigenvalue weighted by molar-refractivity contribution is 5.82. The summed E-state index contributed by atoms with van der Waals surface area (Å²) in [6, 6.07) is 8.98. The number of nitrogens with zero attached hydrogens (tertiary/aromatic N) is 2. The van der Waals surface area contributed by atoms with Crippen molar-refractivity contribution < 1.29 is 5.21 Å². The number of para-hydroxylation sites is 1. The van der Waals surface area contributed by atoms with E-state index in [1.54, 1.807) is 0 Å². The molecule has 2 rings (SSSR count). The Kier molecular flexibility index (Phi) is 3.75. The van der Waals surface area contributed by atoms with E-state index in [4.69, 9.17) is 10.9 Å². The average molecular weight is 247 g/mol. The van der Waals surface area contributed by atoms with Crippen molar-refractivity contribution in [2.75, 3.05) is 11.4 Å². The van der Waals surface area contributed by atoms with E-state index in [9.17, 15) is 0 Å². The van der Waals surface area contributed by atoms with Gasteiger partial charge in [0.25, 0.3) is 0 Å². The van der Waals surface area contributed by atoms with Gasteiger partial charge in [-0.3, -0.25) is 0 Å². The zero-order chi connectivity index (χ0) is 13.1. The molecule has 0 aromatic heterocycles. The van der Waals surface area contributed by atoms with Gasteiger partial charge in [-0.1, -0.05) is 30.3 Å². The lowest BCUT2D eigenvalue weighted by molar-refractivity contribution is 0.314. The summed E-state index contributed by atoms with van der Waals surface area (Å²) in [5, 5.41) is 11.8. The number of fused-ring (bicyclic) bond motifs is 1. The molecule has 0 saturated heterocycles. The van der Waals surface area contributed by atoms with E-state index < -0.39 is 0 Å². The molecule has 4 heteroatoms. The van der Waals surface area contributed by atoms with Crippen LogP contribution in [0.5, 0.6) is 0 Å². The van der Waals surface area contributed by atoms with Gasteiger partial charge in [0.15, 0.2) is 0 Å². The average Bonchev–Trinajstić information content (AvgIpc) is 2.41. The van der Waals surface area contributed by atoms with E-state index in [1.807, 2.05) is 6.92 Å². The van der Waals surface area contributed by atoms with Gasteiger partial charge in [-0.25, -0.2) is 0 Å². The molecule has 1 aromatic carbocycles. The monoisotopic (exact) mass is 247 g/mol. The van der Waals surface area contributed by atoms with Crippen molar-refractivity contribution in [2.45, 2.75) is 32.7 Å². The summed E-state index contributed by atoms with van der Waals surface area (Å²) in [6.45, 7) is 5.00. The molecular weight excluding hydrogens is 226 g/mol. The maximum absolute atomic E-state index is 8.74.